The largest absolute Gasteiger partial charge is 0.387 e. The SMILES string of the molecule is O[C@H](CN1[C@@H]2CC[C@H]1CC(c1ccccc1)C2)c1ccc(Br)cc1. The molecule has 2 aliphatic rings. The quantitative estimate of drug-likeness (QED) is 0.809. The molecule has 0 saturated carbocycles. The van der Waals surface area contributed by atoms with Crippen LogP contribution in [0.25, 0.3) is 0 Å². The summed E-state index contributed by atoms with van der Waals surface area (Å²) in [6, 6.07) is 20.3. The summed E-state index contributed by atoms with van der Waals surface area (Å²) in [6.07, 6.45) is 4.62. The van der Waals surface area contributed by atoms with Crippen LogP contribution in [0.15, 0.2) is 59.1 Å². The van der Waals surface area contributed by atoms with Gasteiger partial charge < -0.3 is 5.11 Å². The Balaban J connectivity index is 1.44. The van der Waals surface area contributed by atoms with Gasteiger partial charge in [-0.1, -0.05) is 58.4 Å². The fourth-order valence-corrected chi connectivity index (χ4v) is 4.82. The summed E-state index contributed by atoms with van der Waals surface area (Å²) < 4.78 is 1.06. The van der Waals surface area contributed by atoms with Gasteiger partial charge in [0.15, 0.2) is 0 Å². The minimum Gasteiger partial charge on any atom is -0.387 e. The molecule has 2 aromatic rings. The second kappa shape index (κ2) is 6.99. The van der Waals surface area contributed by atoms with Crippen LogP contribution in [0.1, 0.15) is 48.8 Å². The molecule has 0 amide bonds. The van der Waals surface area contributed by atoms with Gasteiger partial charge in [0, 0.05) is 23.1 Å². The van der Waals surface area contributed by atoms with E-state index in [9.17, 15) is 5.11 Å². The Hall–Kier alpha value is -1.16. The summed E-state index contributed by atoms with van der Waals surface area (Å²) in [5, 5.41) is 10.7. The third-order valence-corrected chi connectivity index (χ3v) is 6.32. The monoisotopic (exact) mass is 385 g/mol. The summed E-state index contributed by atoms with van der Waals surface area (Å²) in [5.74, 6) is 0.685. The van der Waals surface area contributed by atoms with Crippen molar-refractivity contribution in [2.45, 2.75) is 49.8 Å². The molecule has 3 heteroatoms. The lowest BCUT2D eigenvalue weighted by Crippen LogP contribution is -2.44. The summed E-state index contributed by atoms with van der Waals surface area (Å²) in [7, 11) is 0. The zero-order valence-electron chi connectivity index (χ0n) is 13.8. The van der Waals surface area contributed by atoms with E-state index in [4.69, 9.17) is 0 Å². The van der Waals surface area contributed by atoms with Gasteiger partial charge in [0.2, 0.25) is 0 Å². The first-order valence-electron chi connectivity index (χ1n) is 8.95. The highest BCUT2D eigenvalue weighted by atomic mass is 79.9. The van der Waals surface area contributed by atoms with Crippen molar-refractivity contribution in [1.82, 2.24) is 4.90 Å². The van der Waals surface area contributed by atoms with Crippen molar-refractivity contribution < 1.29 is 5.11 Å². The Bertz CT molecular complexity index is 658. The molecule has 4 atom stereocenters. The molecule has 2 bridgehead atoms. The standard InChI is InChI=1S/C21H24BrNO/c22-18-8-6-16(7-9-18)21(24)14-23-19-10-11-20(23)13-17(12-19)15-4-2-1-3-5-15/h1-9,17,19-21,24H,10-14H2/t17?,19-,20+,21-/m1/s1. The van der Waals surface area contributed by atoms with Crippen molar-refractivity contribution in [3.05, 3.63) is 70.2 Å². The molecule has 1 unspecified atom stereocenters. The van der Waals surface area contributed by atoms with Crippen molar-refractivity contribution >= 4 is 15.9 Å². The molecule has 126 valence electrons. The third-order valence-electron chi connectivity index (χ3n) is 5.79. The second-order valence-corrected chi connectivity index (χ2v) is 8.14. The Morgan fingerprint density at radius 2 is 1.58 bits per heavy atom. The first-order chi connectivity index (χ1) is 11.7. The number of rotatable bonds is 4. The lowest BCUT2D eigenvalue weighted by Gasteiger charge is -2.40. The van der Waals surface area contributed by atoms with E-state index >= 15 is 0 Å². The minimum absolute atomic E-state index is 0.394. The van der Waals surface area contributed by atoms with Crippen LogP contribution in [-0.2, 0) is 0 Å². The van der Waals surface area contributed by atoms with Crippen LogP contribution in [0.3, 0.4) is 0 Å². The number of hydrogen-bond donors (Lipinski definition) is 1. The fraction of sp³-hybridized carbons (Fsp3) is 0.429. The van der Waals surface area contributed by atoms with Crippen LogP contribution in [0.5, 0.6) is 0 Å². The maximum Gasteiger partial charge on any atom is 0.0917 e. The highest BCUT2D eigenvalue weighted by Gasteiger charge is 2.41. The molecule has 0 radical (unpaired) electrons. The molecule has 2 heterocycles. The van der Waals surface area contributed by atoms with Gasteiger partial charge in [0.05, 0.1) is 6.10 Å². The van der Waals surface area contributed by atoms with Gasteiger partial charge >= 0.3 is 0 Å². The Kier molecular flexibility index (Phi) is 4.75. The zero-order chi connectivity index (χ0) is 16.5. The number of aliphatic hydroxyl groups excluding tert-OH is 1. The molecule has 4 rings (SSSR count). The van der Waals surface area contributed by atoms with Gasteiger partial charge in [0.1, 0.15) is 0 Å². The van der Waals surface area contributed by atoms with Crippen LogP contribution in [0.4, 0.5) is 0 Å². The first-order valence-corrected chi connectivity index (χ1v) is 9.74. The number of nitrogens with zero attached hydrogens (tertiary/aromatic N) is 1. The van der Waals surface area contributed by atoms with Gasteiger partial charge in [0.25, 0.3) is 0 Å². The average molecular weight is 386 g/mol. The van der Waals surface area contributed by atoms with E-state index in [2.05, 4.69) is 51.2 Å². The highest BCUT2D eigenvalue weighted by Crippen LogP contribution is 2.43. The summed E-state index contributed by atoms with van der Waals surface area (Å²) in [6.45, 7) is 0.762. The molecular weight excluding hydrogens is 362 g/mol. The molecule has 2 nitrogen and oxygen atoms in total. The summed E-state index contributed by atoms with van der Waals surface area (Å²) >= 11 is 3.46. The van der Waals surface area contributed by atoms with E-state index in [0.717, 1.165) is 16.6 Å². The summed E-state index contributed by atoms with van der Waals surface area (Å²) in [4.78, 5) is 2.58. The van der Waals surface area contributed by atoms with Crippen molar-refractivity contribution in [2.75, 3.05) is 6.54 Å². The molecule has 2 fully saturated rings. The number of piperidine rings is 1. The second-order valence-electron chi connectivity index (χ2n) is 7.23. The molecule has 0 spiro atoms. The molecule has 2 aliphatic heterocycles. The molecule has 0 aromatic heterocycles. The highest BCUT2D eigenvalue weighted by molar-refractivity contribution is 9.10. The van der Waals surface area contributed by atoms with Gasteiger partial charge in [-0.2, -0.15) is 0 Å². The molecule has 24 heavy (non-hydrogen) atoms. The van der Waals surface area contributed by atoms with E-state index in [-0.39, 0.29) is 0 Å². The van der Waals surface area contributed by atoms with E-state index in [0.29, 0.717) is 18.0 Å². The fourth-order valence-electron chi connectivity index (χ4n) is 4.56. The van der Waals surface area contributed by atoms with Crippen molar-refractivity contribution in [2.24, 2.45) is 0 Å². The molecule has 2 aromatic carbocycles. The topological polar surface area (TPSA) is 23.5 Å². The zero-order valence-corrected chi connectivity index (χ0v) is 15.4. The van der Waals surface area contributed by atoms with Crippen molar-refractivity contribution in [3.63, 3.8) is 0 Å². The first kappa shape index (κ1) is 16.3. The predicted molar refractivity (Wildman–Crippen MR) is 101 cm³/mol. The molecule has 2 saturated heterocycles. The van der Waals surface area contributed by atoms with Crippen LogP contribution >= 0.6 is 15.9 Å². The smallest absolute Gasteiger partial charge is 0.0917 e. The van der Waals surface area contributed by atoms with Crippen molar-refractivity contribution in [3.8, 4) is 0 Å². The van der Waals surface area contributed by atoms with E-state index < -0.39 is 6.10 Å². The third kappa shape index (κ3) is 3.30. The number of halogens is 1. The minimum atomic E-state index is -0.394. The maximum atomic E-state index is 10.7. The normalized spacial score (nSPS) is 28.0. The van der Waals surface area contributed by atoms with E-state index in [1.807, 2.05) is 24.3 Å². The van der Waals surface area contributed by atoms with E-state index in [1.165, 1.54) is 31.2 Å². The molecular formula is C21H24BrNO. The lowest BCUT2D eigenvalue weighted by atomic mass is 9.85. The Morgan fingerprint density at radius 1 is 0.958 bits per heavy atom. The average Bonchev–Trinajstić information content (AvgIpc) is 2.84. The van der Waals surface area contributed by atoms with Crippen LogP contribution < -0.4 is 0 Å². The van der Waals surface area contributed by atoms with E-state index in [1.54, 1.807) is 0 Å². The van der Waals surface area contributed by atoms with Crippen LogP contribution in [0.2, 0.25) is 0 Å². The number of hydrogen-bond acceptors (Lipinski definition) is 2. The molecule has 1 N–H and O–H groups in total. The lowest BCUT2D eigenvalue weighted by molar-refractivity contribution is 0.0558. The van der Waals surface area contributed by atoms with Gasteiger partial charge in [-0.05, 0) is 54.9 Å². The van der Waals surface area contributed by atoms with Gasteiger partial charge in [-0.15, -0.1) is 0 Å². The number of aliphatic hydroxyl groups is 1. The Labute approximate surface area is 152 Å². The van der Waals surface area contributed by atoms with Crippen LogP contribution in [-0.4, -0.2) is 28.6 Å². The predicted octanol–water partition coefficient (Wildman–Crippen LogP) is 4.89. The van der Waals surface area contributed by atoms with Gasteiger partial charge in [-0.3, -0.25) is 4.90 Å². The molecule has 0 aliphatic carbocycles. The van der Waals surface area contributed by atoms with Gasteiger partial charge in [-0.25, -0.2) is 0 Å². The maximum absolute atomic E-state index is 10.7. The van der Waals surface area contributed by atoms with Crippen molar-refractivity contribution in [1.29, 1.82) is 0 Å². The number of benzene rings is 2. The number of fused-ring (bicyclic) bond motifs is 2. The summed E-state index contributed by atoms with van der Waals surface area (Å²) in [5.41, 5.74) is 2.50. The van der Waals surface area contributed by atoms with Crippen LogP contribution in [0, 0.1) is 0 Å². The Morgan fingerprint density at radius 3 is 2.21 bits per heavy atom.